The van der Waals surface area contributed by atoms with Crippen molar-refractivity contribution in [1.29, 1.82) is 0 Å². The van der Waals surface area contributed by atoms with E-state index in [9.17, 15) is 0 Å². The molecule has 17 heavy (non-hydrogen) atoms. The average Bonchev–Trinajstić information content (AvgIpc) is 2.78. The fourth-order valence-electron chi connectivity index (χ4n) is 2.50. The van der Waals surface area contributed by atoms with Gasteiger partial charge in [-0.05, 0) is 55.1 Å². The van der Waals surface area contributed by atoms with E-state index in [1.165, 1.54) is 44.5 Å². The lowest BCUT2D eigenvalue weighted by Gasteiger charge is -2.28. The second kappa shape index (κ2) is 6.53. The number of hydrogen-bond donors (Lipinski definition) is 1. The highest BCUT2D eigenvalue weighted by molar-refractivity contribution is 7.07. The lowest BCUT2D eigenvalue weighted by Crippen LogP contribution is -2.40. The smallest absolute Gasteiger partial charge is 0.0192 e. The molecule has 0 bridgehead atoms. The van der Waals surface area contributed by atoms with Gasteiger partial charge in [-0.25, -0.2) is 0 Å². The Morgan fingerprint density at radius 1 is 1.53 bits per heavy atom. The quantitative estimate of drug-likeness (QED) is 0.886. The summed E-state index contributed by atoms with van der Waals surface area (Å²) in [5.74, 6) is 0. The van der Waals surface area contributed by atoms with Crippen LogP contribution in [-0.4, -0.2) is 36.6 Å². The van der Waals surface area contributed by atoms with Gasteiger partial charge in [-0.2, -0.15) is 11.3 Å². The first-order chi connectivity index (χ1) is 8.29. The van der Waals surface area contributed by atoms with Crippen molar-refractivity contribution in [2.75, 3.05) is 19.6 Å². The van der Waals surface area contributed by atoms with E-state index in [1.807, 2.05) is 0 Å². The van der Waals surface area contributed by atoms with Crippen LogP contribution in [-0.2, 0) is 6.42 Å². The molecule has 2 nitrogen and oxygen atoms in total. The van der Waals surface area contributed by atoms with Gasteiger partial charge in [0.1, 0.15) is 0 Å². The third-order valence-electron chi connectivity index (χ3n) is 3.83. The van der Waals surface area contributed by atoms with E-state index in [0.29, 0.717) is 6.04 Å². The predicted molar refractivity (Wildman–Crippen MR) is 75.8 cm³/mol. The maximum Gasteiger partial charge on any atom is 0.0192 e. The number of hydrogen-bond acceptors (Lipinski definition) is 3. The molecule has 1 N–H and O–H groups in total. The summed E-state index contributed by atoms with van der Waals surface area (Å²) < 4.78 is 0. The second-order valence-corrected chi connectivity index (χ2v) is 5.85. The monoisotopic (exact) mass is 252 g/mol. The van der Waals surface area contributed by atoms with Crippen LogP contribution in [0.1, 0.15) is 32.3 Å². The third kappa shape index (κ3) is 3.80. The minimum Gasteiger partial charge on any atom is -0.313 e. The minimum atomic E-state index is 0.683. The van der Waals surface area contributed by atoms with Gasteiger partial charge in [-0.3, -0.25) is 4.90 Å². The normalized spacial score (nSPS) is 26.9. The Morgan fingerprint density at radius 3 is 3.12 bits per heavy atom. The molecule has 0 radical (unpaired) electrons. The summed E-state index contributed by atoms with van der Waals surface area (Å²) in [5.41, 5.74) is 1.49. The van der Waals surface area contributed by atoms with E-state index in [-0.39, 0.29) is 0 Å². The number of nitrogens with zero attached hydrogens (tertiary/aromatic N) is 1. The van der Waals surface area contributed by atoms with Crippen molar-refractivity contribution >= 4 is 11.3 Å². The summed E-state index contributed by atoms with van der Waals surface area (Å²) in [6, 6.07) is 3.66. The van der Waals surface area contributed by atoms with Crippen molar-refractivity contribution in [1.82, 2.24) is 10.2 Å². The van der Waals surface area contributed by atoms with Crippen molar-refractivity contribution in [2.45, 2.75) is 45.2 Å². The molecule has 1 saturated heterocycles. The van der Waals surface area contributed by atoms with Gasteiger partial charge in [0.15, 0.2) is 0 Å². The van der Waals surface area contributed by atoms with E-state index in [0.717, 1.165) is 6.04 Å². The first kappa shape index (κ1) is 13.1. The summed E-state index contributed by atoms with van der Waals surface area (Å²) in [6.45, 7) is 8.24. The molecule has 96 valence electrons. The van der Waals surface area contributed by atoms with Gasteiger partial charge in [0.25, 0.3) is 0 Å². The summed E-state index contributed by atoms with van der Waals surface area (Å²) in [6.07, 6.45) is 3.71. The molecule has 2 rings (SSSR count). The summed E-state index contributed by atoms with van der Waals surface area (Å²) >= 11 is 1.81. The molecule has 0 saturated carbocycles. The van der Waals surface area contributed by atoms with Gasteiger partial charge in [-0.1, -0.05) is 6.92 Å². The molecule has 3 heteroatoms. The van der Waals surface area contributed by atoms with Crippen molar-refractivity contribution in [3.8, 4) is 0 Å². The van der Waals surface area contributed by atoms with Crippen LogP contribution in [0, 0.1) is 0 Å². The number of thiophene rings is 1. The Kier molecular flexibility index (Phi) is 5.01. The minimum absolute atomic E-state index is 0.683. The molecule has 1 aliphatic rings. The van der Waals surface area contributed by atoms with Crippen molar-refractivity contribution in [3.05, 3.63) is 22.4 Å². The Bertz CT molecular complexity index is 310. The largest absolute Gasteiger partial charge is 0.313 e. The van der Waals surface area contributed by atoms with Gasteiger partial charge < -0.3 is 5.32 Å². The molecule has 0 aliphatic carbocycles. The third-order valence-corrected chi connectivity index (χ3v) is 4.57. The molecular formula is C14H24N2S. The molecule has 2 atom stereocenters. The molecule has 1 aromatic rings. The Balaban J connectivity index is 1.87. The van der Waals surface area contributed by atoms with Crippen LogP contribution >= 0.6 is 11.3 Å². The predicted octanol–water partition coefficient (Wildman–Crippen LogP) is 2.75. The molecule has 2 unspecified atom stereocenters. The van der Waals surface area contributed by atoms with Crippen molar-refractivity contribution in [3.63, 3.8) is 0 Å². The summed E-state index contributed by atoms with van der Waals surface area (Å²) in [7, 11) is 0. The van der Waals surface area contributed by atoms with Crippen molar-refractivity contribution < 1.29 is 0 Å². The maximum absolute atomic E-state index is 3.65. The van der Waals surface area contributed by atoms with E-state index < -0.39 is 0 Å². The fraction of sp³-hybridized carbons (Fsp3) is 0.714. The van der Waals surface area contributed by atoms with Crippen LogP contribution in [0.5, 0.6) is 0 Å². The topological polar surface area (TPSA) is 15.3 Å². The Hall–Kier alpha value is -0.380. The Labute approximate surface area is 109 Å². The maximum atomic E-state index is 3.65. The molecule has 1 fully saturated rings. The molecule has 0 spiro atoms. The molecule has 2 heterocycles. The molecule has 0 amide bonds. The summed E-state index contributed by atoms with van der Waals surface area (Å²) in [5, 5.41) is 8.10. The number of rotatable bonds is 4. The van der Waals surface area contributed by atoms with Crippen LogP contribution in [0.15, 0.2) is 16.8 Å². The zero-order chi connectivity index (χ0) is 12.1. The van der Waals surface area contributed by atoms with Crippen molar-refractivity contribution in [2.24, 2.45) is 0 Å². The van der Waals surface area contributed by atoms with Crippen LogP contribution in [0.4, 0.5) is 0 Å². The van der Waals surface area contributed by atoms with E-state index in [1.54, 1.807) is 11.3 Å². The highest BCUT2D eigenvalue weighted by Gasteiger charge is 2.21. The lowest BCUT2D eigenvalue weighted by molar-refractivity contribution is 0.206. The zero-order valence-electron chi connectivity index (χ0n) is 11.0. The zero-order valence-corrected chi connectivity index (χ0v) is 11.8. The van der Waals surface area contributed by atoms with E-state index >= 15 is 0 Å². The average molecular weight is 252 g/mol. The molecular weight excluding hydrogens is 228 g/mol. The standard InChI is InChI=1S/C14H24N2S/c1-3-14-10-16(12(2)4-7-15-14)8-5-13-6-9-17-11-13/h6,9,11-12,14-15H,3-5,7-8,10H2,1-2H3. The second-order valence-electron chi connectivity index (χ2n) is 5.07. The van der Waals surface area contributed by atoms with Crippen LogP contribution < -0.4 is 5.32 Å². The van der Waals surface area contributed by atoms with Crippen LogP contribution in [0.3, 0.4) is 0 Å². The van der Waals surface area contributed by atoms with Crippen LogP contribution in [0.2, 0.25) is 0 Å². The van der Waals surface area contributed by atoms with Gasteiger partial charge in [-0.15, -0.1) is 0 Å². The highest BCUT2D eigenvalue weighted by Crippen LogP contribution is 2.13. The lowest BCUT2D eigenvalue weighted by atomic mass is 10.1. The first-order valence-corrected chi connectivity index (χ1v) is 7.72. The Morgan fingerprint density at radius 2 is 2.41 bits per heavy atom. The SMILES string of the molecule is CCC1CN(CCc2ccsc2)C(C)CCN1. The fourth-order valence-corrected chi connectivity index (χ4v) is 3.20. The summed E-state index contributed by atoms with van der Waals surface area (Å²) in [4.78, 5) is 2.66. The molecule has 0 aromatic carbocycles. The first-order valence-electron chi connectivity index (χ1n) is 6.78. The van der Waals surface area contributed by atoms with E-state index in [4.69, 9.17) is 0 Å². The van der Waals surface area contributed by atoms with Gasteiger partial charge in [0, 0.05) is 25.2 Å². The van der Waals surface area contributed by atoms with E-state index in [2.05, 4.69) is 40.9 Å². The highest BCUT2D eigenvalue weighted by atomic mass is 32.1. The molecule has 1 aliphatic heterocycles. The van der Waals surface area contributed by atoms with Gasteiger partial charge in [0.05, 0.1) is 0 Å². The van der Waals surface area contributed by atoms with Crippen LogP contribution in [0.25, 0.3) is 0 Å². The van der Waals surface area contributed by atoms with Gasteiger partial charge in [0.2, 0.25) is 0 Å². The molecule has 1 aromatic heterocycles. The van der Waals surface area contributed by atoms with Gasteiger partial charge >= 0.3 is 0 Å². The number of nitrogens with one attached hydrogen (secondary N) is 1.